The van der Waals surface area contributed by atoms with E-state index in [4.69, 9.17) is 15.2 Å². The molecule has 0 aliphatic carbocycles. The Labute approximate surface area is 203 Å². The van der Waals surface area contributed by atoms with Crippen molar-refractivity contribution in [1.29, 1.82) is 0 Å². The topological polar surface area (TPSA) is 115 Å². The summed E-state index contributed by atoms with van der Waals surface area (Å²) in [7, 11) is 5.21. The van der Waals surface area contributed by atoms with E-state index in [1.807, 2.05) is 12.1 Å². The fraction of sp³-hybridized carbons (Fsp3) is 0.320. The van der Waals surface area contributed by atoms with Gasteiger partial charge >= 0.3 is 0 Å². The standard InChI is InChI=1S/C25H29FN6O3/c1-14(34-3)17-6-5-7-19(26)22(17)30-24-18(23(27)33)12-28-25(31-24)29-20-10-16-13-32(2)9-8-15(16)11-21(20)35-4/h5-7,10-12,14H,8-9,13H2,1-4H3,(H2,27,33)(H2,28,29,30,31)/t14-/m1/s1. The van der Waals surface area contributed by atoms with Gasteiger partial charge in [0.05, 0.1) is 24.6 Å². The lowest BCUT2D eigenvalue weighted by molar-refractivity contribution is 0.100. The summed E-state index contributed by atoms with van der Waals surface area (Å²) in [5.41, 5.74) is 9.37. The van der Waals surface area contributed by atoms with Crippen molar-refractivity contribution >= 4 is 29.0 Å². The predicted molar refractivity (Wildman–Crippen MR) is 132 cm³/mol. The fourth-order valence-corrected chi connectivity index (χ4v) is 4.09. The van der Waals surface area contributed by atoms with Crippen molar-refractivity contribution in [2.75, 3.05) is 38.4 Å². The Balaban J connectivity index is 1.72. The first-order valence-electron chi connectivity index (χ1n) is 11.2. The number of nitrogens with zero attached hydrogens (tertiary/aromatic N) is 3. The summed E-state index contributed by atoms with van der Waals surface area (Å²) in [5, 5.41) is 6.10. The minimum absolute atomic E-state index is 0.0221. The molecule has 1 aliphatic heterocycles. The molecule has 1 amide bonds. The van der Waals surface area contributed by atoms with Crippen LogP contribution in [0, 0.1) is 5.82 Å². The van der Waals surface area contributed by atoms with Crippen molar-refractivity contribution in [3.8, 4) is 5.75 Å². The van der Waals surface area contributed by atoms with Crippen LogP contribution in [0.5, 0.6) is 5.75 Å². The average molecular weight is 481 g/mol. The molecule has 9 nitrogen and oxygen atoms in total. The molecule has 0 bridgehead atoms. The Bertz CT molecular complexity index is 1250. The summed E-state index contributed by atoms with van der Waals surface area (Å²) in [6, 6.07) is 8.66. The van der Waals surface area contributed by atoms with Crippen LogP contribution in [-0.2, 0) is 17.7 Å². The highest BCUT2D eigenvalue weighted by Crippen LogP contribution is 2.34. The van der Waals surface area contributed by atoms with E-state index in [1.54, 1.807) is 26.2 Å². The van der Waals surface area contributed by atoms with Crippen LogP contribution in [-0.4, -0.2) is 48.6 Å². The number of para-hydroxylation sites is 1. The van der Waals surface area contributed by atoms with E-state index in [0.717, 1.165) is 19.5 Å². The Morgan fingerprint density at radius 2 is 2.03 bits per heavy atom. The first-order chi connectivity index (χ1) is 16.8. The molecule has 0 fully saturated rings. The van der Waals surface area contributed by atoms with Gasteiger partial charge in [0.25, 0.3) is 5.91 Å². The van der Waals surface area contributed by atoms with Crippen LogP contribution in [0.4, 0.5) is 27.5 Å². The van der Waals surface area contributed by atoms with Crippen LogP contribution in [0.15, 0.2) is 36.5 Å². The number of benzene rings is 2. The van der Waals surface area contributed by atoms with E-state index in [1.165, 1.54) is 30.5 Å². The zero-order valence-corrected chi connectivity index (χ0v) is 20.2. The second-order valence-corrected chi connectivity index (χ2v) is 8.46. The number of amides is 1. The van der Waals surface area contributed by atoms with Gasteiger partial charge in [-0.05, 0) is 49.7 Å². The Morgan fingerprint density at radius 1 is 1.23 bits per heavy atom. The molecule has 10 heteroatoms. The first kappa shape index (κ1) is 24.4. The van der Waals surface area contributed by atoms with E-state index < -0.39 is 17.8 Å². The van der Waals surface area contributed by atoms with Gasteiger partial charge in [0, 0.05) is 32.0 Å². The smallest absolute Gasteiger partial charge is 0.254 e. The number of ether oxygens (including phenoxy) is 2. The molecule has 0 spiro atoms. The summed E-state index contributed by atoms with van der Waals surface area (Å²) < 4.78 is 25.7. The Morgan fingerprint density at radius 3 is 2.74 bits per heavy atom. The highest BCUT2D eigenvalue weighted by atomic mass is 19.1. The number of methoxy groups -OCH3 is 2. The largest absolute Gasteiger partial charge is 0.495 e. The van der Waals surface area contributed by atoms with E-state index in [2.05, 4.69) is 32.5 Å². The predicted octanol–water partition coefficient (Wildman–Crippen LogP) is 3.91. The minimum atomic E-state index is -0.744. The lowest BCUT2D eigenvalue weighted by atomic mass is 9.99. The number of carbonyl (C=O) groups is 1. The maximum absolute atomic E-state index is 14.8. The summed E-state index contributed by atoms with van der Waals surface area (Å²) >= 11 is 0. The molecule has 3 aromatic rings. The van der Waals surface area contributed by atoms with E-state index in [9.17, 15) is 9.18 Å². The molecule has 4 rings (SSSR count). The average Bonchev–Trinajstić information content (AvgIpc) is 2.84. The Kier molecular flexibility index (Phi) is 7.13. The second kappa shape index (κ2) is 10.2. The van der Waals surface area contributed by atoms with Gasteiger partial charge in [0.15, 0.2) is 0 Å². The molecule has 2 heterocycles. The summed E-state index contributed by atoms with van der Waals surface area (Å²) in [6.07, 6.45) is 1.84. The van der Waals surface area contributed by atoms with Gasteiger partial charge < -0.3 is 30.7 Å². The van der Waals surface area contributed by atoms with Gasteiger partial charge in [-0.15, -0.1) is 0 Å². The summed E-state index contributed by atoms with van der Waals surface area (Å²) in [5.74, 6) is -0.351. The van der Waals surface area contributed by atoms with Crippen LogP contribution in [0.2, 0.25) is 0 Å². The van der Waals surface area contributed by atoms with Crippen LogP contribution in [0.1, 0.15) is 40.1 Å². The van der Waals surface area contributed by atoms with Gasteiger partial charge in [-0.1, -0.05) is 12.1 Å². The fourth-order valence-electron chi connectivity index (χ4n) is 4.09. The molecule has 35 heavy (non-hydrogen) atoms. The number of rotatable bonds is 8. The molecule has 0 radical (unpaired) electrons. The molecule has 0 saturated carbocycles. The second-order valence-electron chi connectivity index (χ2n) is 8.46. The van der Waals surface area contributed by atoms with Crippen molar-refractivity contribution < 1.29 is 18.7 Å². The molecular formula is C25H29FN6O3. The normalized spacial score (nSPS) is 14.2. The van der Waals surface area contributed by atoms with E-state index in [0.29, 0.717) is 17.0 Å². The van der Waals surface area contributed by atoms with Gasteiger partial charge in [0.2, 0.25) is 5.95 Å². The number of primary amides is 1. The number of aromatic nitrogens is 2. The van der Waals surface area contributed by atoms with Gasteiger partial charge in [-0.25, -0.2) is 9.37 Å². The lowest BCUT2D eigenvalue weighted by Crippen LogP contribution is -2.26. The molecular weight excluding hydrogens is 451 g/mol. The highest BCUT2D eigenvalue weighted by molar-refractivity contribution is 5.98. The third-order valence-electron chi connectivity index (χ3n) is 6.11. The van der Waals surface area contributed by atoms with E-state index >= 15 is 0 Å². The van der Waals surface area contributed by atoms with Crippen LogP contribution in [0.25, 0.3) is 0 Å². The molecule has 0 unspecified atom stereocenters. The number of nitrogens with one attached hydrogen (secondary N) is 2. The number of fused-ring (bicyclic) bond motifs is 1. The molecule has 184 valence electrons. The Hall–Kier alpha value is -3.76. The molecule has 1 atom stereocenters. The minimum Gasteiger partial charge on any atom is -0.495 e. The third-order valence-corrected chi connectivity index (χ3v) is 6.11. The van der Waals surface area contributed by atoms with Crippen molar-refractivity contribution in [3.63, 3.8) is 0 Å². The number of nitrogens with two attached hydrogens (primary N) is 1. The van der Waals surface area contributed by atoms with Gasteiger partial charge in [0.1, 0.15) is 22.9 Å². The number of hydrogen-bond acceptors (Lipinski definition) is 8. The number of carbonyl (C=O) groups excluding carboxylic acids is 1. The number of hydrogen-bond donors (Lipinski definition) is 3. The SMILES string of the molecule is COc1cc2c(cc1Nc1ncc(C(N)=O)c(Nc3c(F)cccc3[C@@H](C)OC)n1)CN(C)CC2. The monoisotopic (exact) mass is 480 g/mol. The first-order valence-corrected chi connectivity index (χ1v) is 11.2. The highest BCUT2D eigenvalue weighted by Gasteiger charge is 2.20. The van der Waals surface area contributed by atoms with Crippen molar-refractivity contribution in [3.05, 3.63) is 64.6 Å². The third kappa shape index (κ3) is 5.18. The maximum Gasteiger partial charge on any atom is 0.254 e. The molecule has 0 saturated heterocycles. The van der Waals surface area contributed by atoms with E-state index in [-0.39, 0.29) is 23.0 Å². The zero-order valence-electron chi connectivity index (χ0n) is 20.2. The van der Waals surface area contributed by atoms with Crippen molar-refractivity contribution in [1.82, 2.24) is 14.9 Å². The molecule has 1 aliphatic rings. The summed E-state index contributed by atoms with van der Waals surface area (Å²) in [6.45, 7) is 3.59. The van der Waals surface area contributed by atoms with Crippen molar-refractivity contribution in [2.45, 2.75) is 26.0 Å². The van der Waals surface area contributed by atoms with Crippen LogP contribution >= 0.6 is 0 Å². The van der Waals surface area contributed by atoms with Crippen LogP contribution in [0.3, 0.4) is 0 Å². The number of anilines is 4. The quantitative estimate of drug-likeness (QED) is 0.445. The number of likely N-dealkylation sites (N-methyl/N-ethyl adjacent to an activating group) is 1. The van der Waals surface area contributed by atoms with Crippen molar-refractivity contribution in [2.24, 2.45) is 5.73 Å². The lowest BCUT2D eigenvalue weighted by Gasteiger charge is -2.26. The molecule has 1 aromatic heterocycles. The van der Waals surface area contributed by atoms with Crippen LogP contribution < -0.4 is 21.1 Å². The zero-order chi connectivity index (χ0) is 25.1. The molecule has 4 N–H and O–H groups in total. The summed E-state index contributed by atoms with van der Waals surface area (Å²) in [4.78, 5) is 23.0. The molecule has 2 aromatic carbocycles. The number of halogens is 1. The maximum atomic E-state index is 14.8. The van der Waals surface area contributed by atoms with Gasteiger partial charge in [-0.2, -0.15) is 4.98 Å². The van der Waals surface area contributed by atoms with Gasteiger partial charge in [-0.3, -0.25) is 4.79 Å².